The number of hydrogen-bond acceptors (Lipinski definition) is 1. The summed E-state index contributed by atoms with van der Waals surface area (Å²) in [5.41, 5.74) is 12.8. The van der Waals surface area contributed by atoms with Gasteiger partial charge in [0.2, 0.25) is 5.69 Å². The van der Waals surface area contributed by atoms with Crippen LogP contribution in [-0.2, 0) is 5.41 Å². The summed E-state index contributed by atoms with van der Waals surface area (Å²) in [6.45, 7) is 4.34. The van der Waals surface area contributed by atoms with Crippen molar-refractivity contribution in [1.29, 1.82) is 0 Å². The molecule has 1 aliphatic carbocycles. The molecule has 0 bridgehead atoms. The number of para-hydroxylation sites is 2. The summed E-state index contributed by atoms with van der Waals surface area (Å²) < 4.78 is 4.21. The number of aromatic nitrogens is 2. The number of H-pyrrole nitrogens is 1. The number of aryl methyl sites for hydroxylation is 2. The van der Waals surface area contributed by atoms with E-state index in [1.54, 1.807) is 0 Å². The lowest BCUT2D eigenvalue weighted by molar-refractivity contribution is -0.394. The number of nitrogens with one attached hydrogen (secondary N) is 1. The van der Waals surface area contributed by atoms with E-state index in [1.807, 2.05) is 13.2 Å². The van der Waals surface area contributed by atoms with Crippen molar-refractivity contribution in [3.05, 3.63) is 131 Å². The van der Waals surface area contributed by atoms with Crippen LogP contribution in [0.15, 0.2) is 97.2 Å². The Balaban J connectivity index is 1.56. The van der Waals surface area contributed by atoms with Gasteiger partial charge in [-0.1, -0.05) is 76.4 Å². The van der Waals surface area contributed by atoms with E-state index in [1.165, 1.54) is 38.9 Å². The van der Waals surface area contributed by atoms with Gasteiger partial charge in [0, 0.05) is 30.5 Å². The maximum Gasteiger partial charge on any atom is 0.496 e. The van der Waals surface area contributed by atoms with Crippen molar-refractivity contribution in [2.75, 3.05) is 7.05 Å². The average Bonchev–Trinajstić information content (AvgIpc) is 3.60. The molecule has 0 radical (unpaired) electrons. The Bertz CT molecular complexity index is 1700. The van der Waals surface area contributed by atoms with Gasteiger partial charge >= 0.3 is 6.01 Å². The number of fused-ring (bicyclic) bond motifs is 4. The summed E-state index contributed by atoms with van der Waals surface area (Å²) in [5.74, 6) is 0. The second-order valence-corrected chi connectivity index (χ2v) is 9.85. The summed E-state index contributed by atoms with van der Waals surface area (Å²) >= 11 is 0. The van der Waals surface area contributed by atoms with Gasteiger partial charge in [0.15, 0.2) is 7.05 Å². The maximum absolute atomic E-state index is 4.41. The topological polar surface area (TPSA) is 34.7 Å². The van der Waals surface area contributed by atoms with Gasteiger partial charge < -0.3 is 0 Å². The molecule has 0 spiro atoms. The van der Waals surface area contributed by atoms with Crippen LogP contribution in [0.3, 0.4) is 0 Å². The SMILES string of the molecule is Cc1ccc2c(c1)C(c1cccc([N+]3=C=[N+](C)c4ccccc43)c1)(c1ccn[nH]1)c1cc(C)ccc1-2. The molecule has 2 aliphatic rings. The molecule has 1 aliphatic heterocycles. The molecule has 5 aromatic rings. The molecule has 0 unspecified atom stereocenters. The second-order valence-electron chi connectivity index (χ2n) is 9.85. The van der Waals surface area contributed by atoms with Crippen molar-refractivity contribution in [3.63, 3.8) is 0 Å². The molecule has 36 heavy (non-hydrogen) atoms. The fraction of sp³-hybridized carbons (Fsp3) is 0.125. The molecule has 0 saturated heterocycles. The summed E-state index contributed by atoms with van der Waals surface area (Å²) in [4.78, 5) is 0. The molecule has 4 heteroatoms. The van der Waals surface area contributed by atoms with Gasteiger partial charge in [0.05, 0.1) is 11.1 Å². The molecule has 0 saturated carbocycles. The summed E-state index contributed by atoms with van der Waals surface area (Å²) in [5, 5.41) is 7.78. The van der Waals surface area contributed by atoms with Crippen LogP contribution in [0.1, 0.15) is 33.5 Å². The van der Waals surface area contributed by atoms with Gasteiger partial charge in [0.1, 0.15) is 0 Å². The Morgan fingerprint density at radius 1 is 0.750 bits per heavy atom. The van der Waals surface area contributed by atoms with Gasteiger partial charge in [-0.25, -0.2) is 0 Å². The third-order valence-corrected chi connectivity index (χ3v) is 7.62. The average molecular weight is 467 g/mol. The van der Waals surface area contributed by atoms with E-state index < -0.39 is 5.41 Å². The molecule has 172 valence electrons. The minimum Gasteiger partial charge on any atom is -0.281 e. The predicted molar refractivity (Wildman–Crippen MR) is 144 cm³/mol. The quantitative estimate of drug-likeness (QED) is 0.290. The van der Waals surface area contributed by atoms with Gasteiger partial charge in [-0.15, -0.1) is 0 Å². The highest BCUT2D eigenvalue weighted by Gasteiger charge is 2.48. The zero-order valence-electron chi connectivity index (χ0n) is 20.6. The Morgan fingerprint density at radius 3 is 2.11 bits per heavy atom. The number of hydrogen-bond donors (Lipinski definition) is 1. The van der Waals surface area contributed by atoms with Gasteiger partial charge in [0.25, 0.3) is 11.4 Å². The molecule has 7 rings (SSSR count). The molecule has 4 nitrogen and oxygen atoms in total. The largest absolute Gasteiger partial charge is 0.496 e. The normalized spacial score (nSPS) is 14.6. The van der Waals surface area contributed by atoms with E-state index in [-0.39, 0.29) is 0 Å². The fourth-order valence-electron chi connectivity index (χ4n) is 6.04. The van der Waals surface area contributed by atoms with Crippen molar-refractivity contribution in [3.8, 4) is 11.1 Å². The molecule has 4 aromatic carbocycles. The standard InChI is InChI=1S/C32H26N4/c1-21-11-13-25-26-14-12-22(2)18-28(26)32(27(25)17-21,31-15-16-33-34-31)23-7-6-8-24(19-23)36-20-35(3)29-9-4-5-10-30(29)36/h4-19H,1-3H3,(H,33,34)/q+2. The van der Waals surface area contributed by atoms with Gasteiger partial charge in [-0.05, 0) is 52.3 Å². The van der Waals surface area contributed by atoms with Crippen molar-refractivity contribution in [1.82, 2.24) is 14.8 Å². The molecule has 2 heterocycles. The Morgan fingerprint density at radius 2 is 1.44 bits per heavy atom. The lowest BCUT2D eigenvalue weighted by Crippen LogP contribution is -2.29. The minimum absolute atomic E-state index is 0.500. The highest BCUT2D eigenvalue weighted by atomic mass is 15.2. The molecular weight excluding hydrogens is 440 g/mol. The zero-order chi connectivity index (χ0) is 24.4. The van der Waals surface area contributed by atoms with Gasteiger partial charge in [-0.3, -0.25) is 5.10 Å². The van der Waals surface area contributed by atoms with E-state index in [4.69, 9.17) is 0 Å². The monoisotopic (exact) mass is 466 g/mol. The van der Waals surface area contributed by atoms with Crippen LogP contribution in [0.4, 0.5) is 17.1 Å². The zero-order valence-corrected chi connectivity index (χ0v) is 20.6. The summed E-state index contributed by atoms with van der Waals surface area (Å²) in [6, 6.07) is 36.6. The van der Waals surface area contributed by atoms with Gasteiger partial charge in [-0.2, -0.15) is 5.10 Å². The lowest BCUT2D eigenvalue weighted by Gasteiger charge is -2.32. The van der Waals surface area contributed by atoms with E-state index in [9.17, 15) is 0 Å². The van der Waals surface area contributed by atoms with Crippen molar-refractivity contribution in [2.45, 2.75) is 19.3 Å². The van der Waals surface area contributed by atoms with Crippen LogP contribution in [0.2, 0.25) is 0 Å². The first-order chi connectivity index (χ1) is 17.6. The molecule has 0 atom stereocenters. The number of aromatic amines is 1. The molecule has 1 N–H and O–H groups in total. The minimum atomic E-state index is -0.500. The van der Waals surface area contributed by atoms with Crippen LogP contribution in [0, 0.1) is 13.8 Å². The molecule has 0 amide bonds. The second kappa shape index (κ2) is 7.48. The molecule has 0 fully saturated rings. The van der Waals surface area contributed by atoms with E-state index in [2.05, 4.69) is 130 Å². The fourth-order valence-corrected chi connectivity index (χ4v) is 6.04. The van der Waals surface area contributed by atoms with Crippen LogP contribution in [-0.4, -0.2) is 27.8 Å². The number of nitrogens with zero attached hydrogens (tertiary/aromatic N) is 3. The van der Waals surface area contributed by atoms with E-state index in [0.29, 0.717) is 0 Å². The molecule has 1 aromatic heterocycles. The van der Waals surface area contributed by atoms with Crippen molar-refractivity contribution >= 4 is 23.1 Å². The molecular formula is C32H26N4+2. The summed E-state index contributed by atoms with van der Waals surface area (Å²) in [6.07, 6.45) is 1.86. The van der Waals surface area contributed by atoms with Crippen molar-refractivity contribution < 1.29 is 4.58 Å². The lowest BCUT2D eigenvalue weighted by atomic mass is 9.69. The first-order valence-corrected chi connectivity index (χ1v) is 12.3. The first kappa shape index (κ1) is 20.8. The Hall–Kier alpha value is -4.53. The van der Waals surface area contributed by atoms with Crippen LogP contribution >= 0.6 is 0 Å². The maximum atomic E-state index is 4.41. The van der Waals surface area contributed by atoms with Crippen LogP contribution in [0.5, 0.6) is 0 Å². The first-order valence-electron chi connectivity index (χ1n) is 12.3. The van der Waals surface area contributed by atoms with Crippen molar-refractivity contribution in [2.24, 2.45) is 0 Å². The Labute approximate surface area is 210 Å². The van der Waals surface area contributed by atoms with E-state index in [0.717, 1.165) is 22.8 Å². The Kier molecular flexibility index (Phi) is 4.33. The van der Waals surface area contributed by atoms with Crippen LogP contribution < -0.4 is 4.58 Å². The summed E-state index contributed by atoms with van der Waals surface area (Å²) in [7, 11) is 2.05. The smallest absolute Gasteiger partial charge is 0.281 e. The number of rotatable bonds is 3. The van der Waals surface area contributed by atoms with E-state index >= 15 is 0 Å². The highest BCUT2D eigenvalue weighted by molar-refractivity contribution is 5.87. The number of benzene rings is 4. The third kappa shape index (κ3) is 2.73. The predicted octanol–water partition coefficient (Wildman–Crippen LogP) is 6.69. The third-order valence-electron chi connectivity index (χ3n) is 7.62. The van der Waals surface area contributed by atoms with Crippen LogP contribution in [0.25, 0.3) is 11.1 Å². The highest BCUT2D eigenvalue weighted by Crippen LogP contribution is 2.56.